The summed E-state index contributed by atoms with van der Waals surface area (Å²) in [6, 6.07) is 14.6. The zero-order chi connectivity index (χ0) is 24.6. The van der Waals surface area contributed by atoms with Gasteiger partial charge in [0.1, 0.15) is 0 Å². The van der Waals surface area contributed by atoms with Gasteiger partial charge in [0, 0.05) is 41.4 Å². The molecule has 6 nitrogen and oxygen atoms in total. The van der Waals surface area contributed by atoms with Gasteiger partial charge in [-0.15, -0.1) is 0 Å². The summed E-state index contributed by atoms with van der Waals surface area (Å²) < 4.78 is 2.37. The van der Waals surface area contributed by atoms with E-state index in [1.807, 2.05) is 50.4 Å². The van der Waals surface area contributed by atoms with Crippen molar-refractivity contribution in [1.29, 1.82) is 0 Å². The van der Waals surface area contributed by atoms with Crippen LogP contribution in [0, 0.1) is 20.8 Å². The Hall–Kier alpha value is -3.19. The van der Waals surface area contributed by atoms with E-state index in [0.29, 0.717) is 17.6 Å². The van der Waals surface area contributed by atoms with Crippen molar-refractivity contribution >= 4 is 34.6 Å². The van der Waals surface area contributed by atoms with Crippen molar-refractivity contribution < 1.29 is 4.79 Å². The van der Waals surface area contributed by atoms with Gasteiger partial charge in [-0.2, -0.15) is 0 Å². The second-order valence-electron chi connectivity index (χ2n) is 9.19. The summed E-state index contributed by atoms with van der Waals surface area (Å²) in [6.45, 7) is 12.6. The van der Waals surface area contributed by atoms with E-state index in [-0.39, 0.29) is 18.0 Å². The van der Waals surface area contributed by atoms with Crippen molar-refractivity contribution in [3.05, 3.63) is 76.9 Å². The summed E-state index contributed by atoms with van der Waals surface area (Å²) in [5, 5.41) is 7.19. The largest absolute Gasteiger partial charge is 0.351 e. The van der Waals surface area contributed by atoms with E-state index in [1.165, 1.54) is 17.0 Å². The molecule has 0 aliphatic carbocycles. The average molecular weight is 476 g/mol. The van der Waals surface area contributed by atoms with Crippen molar-refractivity contribution in [2.45, 2.75) is 66.1 Å². The lowest BCUT2D eigenvalue weighted by molar-refractivity contribution is -0.115. The number of pyridine rings is 1. The molecule has 1 aliphatic rings. The number of nitrogens with zero attached hydrogens (tertiary/aromatic N) is 3. The Morgan fingerprint density at radius 3 is 2.53 bits per heavy atom. The molecule has 1 amide bonds. The molecule has 178 valence electrons. The Bertz CT molecular complexity index is 1220. The normalized spacial score (nSPS) is 17.9. The van der Waals surface area contributed by atoms with E-state index in [0.717, 1.165) is 22.6 Å². The molecule has 1 aliphatic heterocycles. The van der Waals surface area contributed by atoms with Crippen molar-refractivity contribution in [1.82, 2.24) is 14.9 Å². The summed E-state index contributed by atoms with van der Waals surface area (Å²) in [5.41, 5.74) is 7.46. The Morgan fingerprint density at radius 2 is 1.94 bits per heavy atom. The predicted octanol–water partition coefficient (Wildman–Crippen LogP) is 5.91. The van der Waals surface area contributed by atoms with Crippen molar-refractivity contribution in [2.24, 2.45) is 0 Å². The third kappa shape index (κ3) is 4.32. The van der Waals surface area contributed by atoms with E-state index >= 15 is 0 Å². The van der Waals surface area contributed by atoms with Crippen LogP contribution in [-0.4, -0.2) is 20.6 Å². The SMILES string of the molecule is CCC(=O)Nc1ccc(N2C(=S)N[C@@H](c3ccccn3)[C@@H]2c2cc(C)n(C(C)C)c2C)cc1C. The molecule has 34 heavy (non-hydrogen) atoms. The van der Waals surface area contributed by atoms with Crippen LogP contribution in [0.2, 0.25) is 0 Å². The Labute approximate surface area is 207 Å². The minimum atomic E-state index is -0.0883. The van der Waals surface area contributed by atoms with Crippen LogP contribution in [0.5, 0.6) is 0 Å². The second kappa shape index (κ2) is 9.58. The molecule has 3 aromatic rings. The molecule has 0 saturated carbocycles. The molecule has 2 N–H and O–H groups in total. The zero-order valence-electron chi connectivity index (χ0n) is 20.7. The minimum Gasteiger partial charge on any atom is -0.351 e. The predicted molar refractivity (Wildman–Crippen MR) is 142 cm³/mol. The maximum Gasteiger partial charge on any atom is 0.224 e. The van der Waals surface area contributed by atoms with Crippen molar-refractivity contribution in [2.75, 3.05) is 10.2 Å². The van der Waals surface area contributed by atoms with Crippen LogP contribution in [0.1, 0.15) is 73.5 Å². The molecule has 2 aromatic heterocycles. The fraction of sp³-hybridized carbons (Fsp3) is 0.370. The Kier molecular flexibility index (Phi) is 6.75. The van der Waals surface area contributed by atoms with Gasteiger partial charge < -0.3 is 20.1 Å². The van der Waals surface area contributed by atoms with Gasteiger partial charge >= 0.3 is 0 Å². The van der Waals surface area contributed by atoms with Gasteiger partial charge in [0.05, 0.1) is 17.8 Å². The molecule has 1 saturated heterocycles. The fourth-order valence-corrected chi connectivity index (χ4v) is 5.37. The molecule has 4 rings (SSSR count). The van der Waals surface area contributed by atoms with Crippen LogP contribution >= 0.6 is 12.2 Å². The molecule has 7 heteroatoms. The van der Waals surface area contributed by atoms with Crippen LogP contribution in [0.25, 0.3) is 0 Å². The van der Waals surface area contributed by atoms with Crippen LogP contribution in [0.4, 0.5) is 11.4 Å². The summed E-state index contributed by atoms with van der Waals surface area (Å²) in [5.74, 6) is 0.00317. The van der Waals surface area contributed by atoms with Gasteiger partial charge in [0.15, 0.2) is 5.11 Å². The Balaban J connectivity index is 1.83. The second-order valence-corrected chi connectivity index (χ2v) is 9.57. The van der Waals surface area contributed by atoms with E-state index in [4.69, 9.17) is 12.2 Å². The lowest BCUT2D eigenvalue weighted by atomic mass is 9.96. The van der Waals surface area contributed by atoms with Gasteiger partial charge in [-0.25, -0.2) is 0 Å². The number of thiocarbonyl (C=S) groups is 1. The molecule has 3 heterocycles. The number of aryl methyl sites for hydroxylation is 2. The van der Waals surface area contributed by atoms with E-state index in [2.05, 4.69) is 64.9 Å². The standard InChI is InChI=1S/C27H33N5OS/c1-7-24(33)29-22-12-11-20(14-17(22)4)32-26(21-15-18(5)31(16(2)3)19(21)6)25(30-27(32)34)23-10-8-9-13-28-23/h8-16,25-26H,7H2,1-6H3,(H,29,33)(H,30,34)/t25-,26-/m0/s1. The fourth-order valence-electron chi connectivity index (χ4n) is 5.02. The summed E-state index contributed by atoms with van der Waals surface area (Å²) in [4.78, 5) is 18.8. The summed E-state index contributed by atoms with van der Waals surface area (Å²) in [6.07, 6.45) is 2.27. The van der Waals surface area contributed by atoms with Gasteiger partial charge in [0.2, 0.25) is 5.91 Å². The van der Waals surface area contributed by atoms with Gasteiger partial charge in [-0.05, 0) is 94.4 Å². The van der Waals surface area contributed by atoms with Crippen LogP contribution in [0.3, 0.4) is 0 Å². The van der Waals surface area contributed by atoms with E-state index < -0.39 is 0 Å². The molecular formula is C27H33N5OS. The zero-order valence-corrected chi connectivity index (χ0v) is 21.5. The van der Waals surface area contributed by atoms with Gasteiger partial charge in [-0.3, -0.25) is 9.78 Å². The number of amides is 1. The number of carbonyl (C=O) groups is 1. The number of aromatic nitrogens is 2. The van der Waals surface area contributed by atoms with Gasteiger partial charge in [-0.1, -0.05) is 13.0 Å². The molecule has 0 spiro atoms. The maximum atomic E-state index is 11.9. The smallest absolute Gasteiger partial charge is 0.224 e. The highest BCUT2D eigenvalue weighted by Gasteiger charge is 2.42. The molecule has 1 fully saturated rings. The highest BCUT2D eigenvalue weighted by Crippen LogP contribution is 2.44. The van der Waals surface area contributed by atoms with Crippen molar-refractivity contribution in [3.63, 3.8) is 0 Å². The third-order valence-electron chi connectivity index (χ3n) is 6.54. The first-order valence-electron chi connectivity index (χ1n) is 11.8. The summed E-state index contributed by atoms with van der Waals surface area (Å²) >= 11 is 5.89. The monoisotopic (exact) mass is 475 g/mol. The first kappa shape index (κ1) is 24.0. The number of rotatable bonds is 6. The van der Waals surface area contributed by atoms with Gasteiger partial charge in [0.25, 0.3) is 0 Å². The topological polar surface area (TPSA) is 62.2 Å². The number of anilines is 2. The molecule has 0 unspecified atom stereocenters. The molecule has 2 atom stereocenters. The quantitative estimate of drug-likeness (QED) is 0.434. The van der Waals surface area contributed by atoms with E-state index in [1.54, 1.807) is 0 Å². The first-order chi connectivity index (χ1) is 16.2. The Morgan fingerprint density at radius 1 is 1.18 bits per heavy atom. The summed E-state index contributed by atoms with van der Waals surface area (Å²) in [7, 11) is 0. The number of nitrogens with one attached hydrogen (secondary N) is 2. The third-order valence-corrected chi connectivity index (χ3v) is 6.85. The molecule has 1 aromatic carbocycles. The number of hydrogen-bond donors (Lipinski definition) is 2. The number of benzene rings is 1. The lowest BCUT2D eigenvalue weighted by Crippen LogP contribution is -2.29. The van der Waals surface area contributed by atoms with E-state index in [9.17, 15) is 4.79 Å². The first-order valence-corrected chi connectivity index (χ1v) is 12.2. The number of carbonyl (C=O) groups excluding carboxylic acids is 1. The molecule has 0 bridgehead atoms. The minimum absolute atomic E-state index is 0.00317. The molecular weight excluding hydrogens is 442 g/mol. The maximum absolute atomic E-state index is 11.9. The van der Waals surface area contributed by atoms with Crippen LogP contribution in [-0.2, 0) is 4.79 Å². The molecule has 0 radical (unpaired) electrons. The van der Waals surface area contributed by atoms with Crippen LogP contribution < -0.4 is 15.5 Å². The average Bonchev–Trinajstić information content (AvgIpc) is 3.30. The van der Waals surface area contributed by atoms with Crippen LogP contribution in [0.15, 0.2) is 48.7 Å². The lowest BCUT2D eigenvalue weighted by Gasteiger charge is -2.29. The van der Waals surface area contributed by atoms with Crippen molar-refractivity contribution in [3.8, 4) is 0 Å². The highest BCUT2D eigenvalue weighted by atomic mass is 32.1. The number of hydrogen-bond acceptors (Lipinski definition) is 3. The highest BCUT2D eigenvalue weighted by molar-refractivity contribution is 7.80.